The second-order valence-electron chi connectivity index (χ2n) is 7.93. The summed E-state index contributed by atoms with van der Waals surface area (Å²) in [4.78, 5) is 21.0. The van der Waals surface area contributed by atoms with Crippen LogP contribution < -0.4 is 9.80 Å². The molecule has 10 heteroatoms. The number of sulfonamides is 1. The summed E-state index contributed by atoms with van der Waals surface area (Å²) >= 11 is 1.18. The minimum Gasteiger partial charge on any atom is -0.328 e. The Labute approximate surface area is 198 Å². The van der Waals surface area contributed by atoms with Crippen molar-refractivity contribution in [3.63, 3.8) is 0 Å². The van der Waals surface area contributed by atoms with E-state index >= 15 is 0 Å². The minimum atomic E-state index is -3.54. The standard InChI is InChI=1S/C23H25N5O3S2/c1-26-19-8-4-5-9-20(19)27(2)23(26)18(14-24)21(29)16-32-22-11-10-17(15-25-22)33(30,31)28-12-6-3-7-13-28/h4-5,8-11,15H,3,6-7,12-13,16H2,1-2H3. The Morgan fingerprint density at radius 1 is 1.06 bits per heavy atom. The van der Waals surface area contributed by atoms with E-state index in [1.165, 1.54) is 28.3 Å². The van der Waals surface area contributed by atoms with Crippen LogP contribution in [0.1, 0.15) is 19.3 Å². The van der Waals surface area contributed by atoms with Crippen molar-refractivity contribution in [1.82, 2.24) is 9.29 Å². The van der Waals surface area contributed by atoms with Gasteiger partial charge in [0.25, 0.3) is 0 Å². The molecule has 1 aromatic heterocycles. The number of piperidine rings is 1. The number of allylic oxidation sites excluding steroid dienone is 1. The predicted molar refractivity (Wildman–Crippen MR) is 128 cm³/mol. The summed E-state index contributed by atoms with van der Waals surface area (Å²) in [5.74, 6) is 0.256. The molecule has 3 heterocycles. The van der Waals surface area contributed by atoms with Crippen LogP contribution in [0.3, 0.4) is 0 Å². The van der Waals surface area contributed by atoms with Crippen molar-refractivity contribution in [2.24, 2.45) is 0 Å². The normalized spacial score (nSPS) is 16.5. The number of pyridine rings is 1. The predicted octanol–water partition coefficient (Wildman–Crippen LogP) is 3.24. The number of nitriles is 1. The summed E-state index contributed by atoms with van der Waals surface area (Å²) in [6.45, 7) is 1.07. The first-order chi connectivity index (χ1) is 15.8. The van der Waals surface area contributed by atoms with Crippen LogP contribution in [0.25, 0.3) is 0 Å². The maximum Gasteiger partial charge on any atom is 0.244 e. The van der Waals surface area contributed by atoms with E-state index in [1.807, 2.05) is 48.2 Å². The van der Waals surface area contributed by atoms with Crippen LogP contribution in [-0.4, -0.2) is 56.4 Å². The zero-order chi connectivity index (χ0) is 23.6. The molecular formula is C23H25N5O3S2. The van der Waals surface area contributed by atoms with Crippen LogP contribution in [0.2, 0.25) is 0 Å². The highest BCUT2D eigenvalue weighted by Crippen LogP contribution is 2.40. The van der Waals surface area contributed by atoms with E-state index in [-0.39, 0.29) is 22.0 Å². The maximum atomic E-state index is 12.9. The van der Waals surface area contributed by atoms with Gasteiger partial charge in [0.2, 0.25) is 10.0 Å². The van der Waals surface area contributed by atoms with Gasteiger partial charge in [-0.3, -0.25) is 4.79 Å². The number of nitrogens with zero attached hydrogens (tertiary/aromatic N) is 5. The van der Waals surface area contributed by atoms with Gasteiger partial charge in [0.1, 0.15) is 22.4 Å². The summed E-state index contributed by atoms with van der Waals surface area (Å²) in [6, 6.07) is 12.9. The average Bonchev–Trinajstić information content (AvgIpc) is 3.09. The number of hydrogen-bond donors (Lipinski definition) is 0. The number of benzene rings is 1. The summed E-state index contributed by atoms with van der Waals surface area (Å²) in [5, 5.41) is 10.3. The number of Topliss-reactive ketones (excluding diaryl/α,β-unsaturated/α-hetero) is 1. The molecule has 2 aliphatic heterocycles. The summed E-state index contributed by atoms with van der Waals surface area (Å²) in [6.07, 6.45) is 4.13. The van der Waals surface area contributed by atoms with E-state index in [0.717, 1.165) is 30.6 Å². The number of para-hydroxylation sites is 2. The van der Waals surface area contributed by atoms with Crippen LogP contribution in [0.4, 0.5) is 11.4 Å². The van der Waals surface area contributed by atoms with Crippen molar-refractivity contribution in [2.45, 2.75) is 29.2 Å². The second-order valence-corrected chi connectivity index (χ2v) is 10.9. The molecule has 0 unspecified atom stereocenters. The van der Waals surface area contributed by atoms with Crippen molar-refractivity contribution in [3.05, 3.63) is 54.0 Å². The zero-order valence-electron chi connectivity index (χ0n) is 18.6. The van der Waals surface area contributed by atoms with Crippen molar-refractivity contribution >= 4 is 38.9 Å². The lowest BCUT2D eigenvalue weighted by Gasteiger charge is -2.25. The van der Waals surface area contributed by atoms with Gasteiger partial charge in [-0.25, -0.2) is 13.4 Å². The Balaban J connectivity index is 1.46. The molecule has 0 aliphatic carbocycles. The van der Waals surface area contributed by atoms with Gasteiger partial charge in [-0.1, -0.05) is 30.3 Å². The molecule has 0 bridgehead atoms. The Bertz CT molecular complexity index is 1200. The first-order valence-corrected chi connectivity index (χ1v) is 13.1. The van der Waals surface area contributed by atoms with E-state index in [2.05, 4.69) is 11.1 Å². The largest absolute Gasteiger partial charge is 0.328 e. The fourth-order valence-corrected chi connectivity index (χ4v) is 6.31. The molecule has 0 radical (unpaired) electrons. The molecule has 0 spiro atoms. The Morgan fingerprint density at radius 3 is 2.24 bits per heavy atom. The van der Waals surface area contributed by atoms with Gasteiger partial charge in [0.15, 0.2) is 5.78 Å². The highest BCUT2D eigenvalue weighted by atomic mass is 32.2. The van der Waals surface area contributed by atoms with Crippen molar-refractivity contribution in [1.29, 1.82) is 5.26 Å². The van der Waals surface area contributed by atoms with Crippen LogP contribution >= 0.6 is 11.8 Å². The molecule has 2 aromatic rings. The fraction of sp³-hybridized carbons (Fsp3) is 0.348. The van der Waals surface area contributed by atoms with E-state index in [1.54, 1.807) is 6.07 Å². The Kier molecular flexibility index (Phi) is 6.74. The number of carbonyl (C=O) groups excluding carboxylic acids is 1. The lowest BCUT2D eigenvalue weighted by atomic mass is 10.2. The molecule has 0 N–H and O–H groups in total. The topological polar surface area (TPSA) is 97.6 Å². The number of hydrogen-bond acceptors (Lipinski definition) is 8. The zero-order valence-corrected chi connectivity index (χ0v) is 20.2. The van der Waals surface area contributed by atoms with E-state index in [9.17, 15) is 18.5 Å². The van der Waals surface area contributed by atoms with Gasteiger partial charge in [0, 0.05) is 33.4 Å². The van der Waals surface area contributed by atoms with Crippen molar-refractivity contribution in [3.8, 4) is 6.07 Å². The first-order valence-electron chi connectivity index (χ1n) is 10.7. The lowest BCUT2D eigenvalue weighted by Crippen LogP contribution is -2.35. The van der Waals surface area contributed by atoms with Gasteiger partial charge < -0.3 is 9.80 Å². The molecule has 0 amide bonds. The molecule has 172 valence electrons. The van der Waals surface area contributed by atoms with Crippen LogP contribution in [0, 0.1) is 11.3 Å². The van der Waals surface area contributed by atoms with Gasteiger partial charge in [-0.15, -0.1) is 0 Å². The minimum absolute atomic E-state index is 0.0235. The Morgan fingerprint density at radius 2 is 1.70 bits per heavy atom. The van der Waals surface area contributed by atoms with E-state index in [4.69, 9.17) is 0 Å². The number of carbonyl (C=O) groups is 1. The van der Waals surface area contributed by atoms with E-state index < -0.39 is 10.0 Å². The molecule has 1 aromatic carbocycles. The molecule has 2 aliphatic rings. The maximum absolute atomic E-state index is 12.9. The van der Waals surface area contributed by atoms with Gasteiger partial charge in [0.05, 0.1) is 22.2 Å². The van der Waals surface area contributed by atoms with Crippen LogP contribution in [0.5, 0.6) is 0 Å². The van der Waals surface area contributed by atoms with Crippen LogP contribution in [-0.2, 0) is 14.8 Å². The second kappa shape index (κ2) is 9.55. The summed E-state index contributed by atoms with van der Waals surface area (Å²) in [5.41, 5.74) is 1.93. The summed E-state index contributed by atoms with van der Waals surface area (Å²) in [7, 11) is 0.120. The third-order valence-electron chi connectivity index (χ3n) is 5.87. The van der Waals surface area contributed by atoms with Crippen molar-refractivity contribution < 1.29 is 13.2 Å². The number of fused-ring (bicyclic) bond motifs is 1. The highest BCUT2D eigenvalue weighted by molar-refractivity contribution is 7.99. The van der Waals surface area contributed by atoms with Gasteiger partial charge in [-0.05, 0) is 37.1 Å². The first kappa shape index (κ1) is 23.3. The SMILES string of the molecule is CN1C(=C(C#N)C(=O)CSc2ccc(S(=O)(=O)N3CCCCC3)cn2)N(C)c2ccccc21. The molecule has 1 fully saturated rings. The number of ketones is 1. The molecule has 4 rings (SSSR count). The molecule has 8 nitrogen and oxygen atoms in total. The molecule has 0 atom stereocenters. The smallest absolute Gasteiger partial charge is 0.244 e. The molecular weight excluding hydrogens is 458 g/mol. The number of aromatic nitrogens is 1. The molecule has 33 heavy (non-hydrogen) atoms. The average molecular weight is 484 g/mol. The van der Waals surface area contributed by atoms with Gasteiger partial charge in [-0.2, -0.15) is 9.57 Å². The quantitative estimate of drug-likeness (QED) is 0.351. The molecule has 0 saturated carbocycles. The number of anilines is 2. The lowest BCUT2D eigenvalue weighted by molar-refractivity contribution is -0.112. The fourth-order valence-electron chi connectivity index (χ4n) is 4.13. The highest BCUT2D eigenvalue weighted by Gasteiger charge is 2.31. The van der Waals surface area contributed by atoms with Crippen molar-refractivity contribution in [2.75, 3.05) is 42.7 Å². The van der Waals surface area contributed by atoms with Crippen LogP contribution in [0.15, 0.2) is 63.9 Å². The van der Waals surface area contributed by atoms with E-state index in [0.29, 0.717) is 23.9 Å². The van der Waals surface area contributed by atoms with Gasteiger partial charge >= 0.3 is 0 Å². The third kappa shape index (κ3) is 4.49. The Hall–Kier alpha value is -2.87. The monoisotopic (exact) mass is 483 g/mol. The molecule has 1 saturated heterocycles. The number of thioether (sulfide) groups is 1. The number of rotatable bonds is 6. The summed E-state index contributed by atoms with van der Waals surface area (Å²) < 4.78 is 27.0. The third-order valence-corrected chi connectivity index (χ3v) is 8.69.